The number of fused-ring (bicyclic) bond motifs is 3. The zero-order valence-corrected chi connectivity index (χ0v) is 15.9. The molecule has 0 N–H and O–H groups in total. The maximum absolute atomic E-state index is 5.41. The van der Waals surface area contributed by atoms with E-state index in [-0.39, 0.29) is 0 Å². The van der Waals surface area contributed by atoms with Crippen molar-refractivity contribution in [3.05, 3.63) is 30.0 Å². The van der Waals surface area contributed by atoms with Gasteiger partial charge >= 0.3 is 141 Å². The molecule has 2 aromatic heterocycles. The van der Waals surface area contributed by atoms with Gasteiger partial charge in [0.05, 0.1) is 0 Å². The van der Waals surface area contributed by atoms with Crippen LogP contribution in [0.1, 0.15) is 5.56 Å². The molecule has 5 heteroatoms. The van der Waals surface area contributed by atoms with E-state index in [0.29, 0.717) is 14.5 Å². The van der Waals surface area contributed by atoms with Crippen molar-refractivity contribution in [1.29, 1.82) is 0 Å². The summed E-state index contributed by atoms with van der Waals surface area (Å²) in [5, 5.41) is 3.83. The number of aromatic nitrogens is 1. The average molecular weight is 379 g/mol. The molecule has 0 unspecified atom stereocenters. The number of pyridine rings is 1. The first-order valence-corrected chi connectivity index (χ1v) is 9.93. The van der Waals surface area contributed by atoms with Crippen LogP contribution in [0.2, 0.25) is 0 Å². The molecule has 22 heavy (non-hydrogen) atoms. The van der Waals surface area contributed by atoms with Crippen LogP contribution < -0.4 is 4.74 Å². The van der Waals surface area contributed by atoms with E-state index in [1.165, 1.54) is 24.9 Å². The first-order valence-electron chi connectivity index (χ1n) is 7.23. The number of nitrogens with zero attached hydrogens (tertiary/aromatic N) is 2. The second-order valence-electron chi connectivity index (χ2n) is 5.57. The summed E-state index contributed by atoms with van der Waals surface area (Å²) in [6.07, 6.45) is 2.03. The van der Waals surface area contributed by atoms with Crippen molar-refractivity contribution in [1.82, 2.24) is 9.88 Å². The van der Waals surface area contributed by atoms with Gasteiger partial charge in [-0.1, -0.05) is 0 Å². The fourth-order valence-corrected chi connectivity index (χ4v) is 6.10. The van der Waals surface area contributed by atoms with Gasteiger partial charge in [-0.3, -0.25) is 0 Å². The number of aryl methyl sites for hydroxylation is 1. The maximum atomic E-state index is 5.41. The number of ether oxygens (including phenoxy) is 1. The van der Waals surface area contributed by atoms with E-state index in [9.17, 15) is 0 Å². The topological polar surface area (TPSA) is 25.4 Å². The van der Waals surface area contributed by atoms with Crippen LogP contribution in [0.25, 0.3) is 19.3 Å². The van der Waals surface area contributed by atoms with Crippen LogP contribution in [0.5, 0.6) is 5.75 Å². The number of methoxy groups -OCH3 is 1. The Morgan fingerprint density at radius 1 is 1.32 bits per heavy atom. The molecule has 0 fully saturated rings. The number of thioether (sulfide) groups is 1. The van der Waals surface area contributed by atoms with Crippen LogP contribution >= 0.6 is 11.8 Å². The first kappa shape index (κ1) is 15.9. The van der Waals surface area contributed by atoms with Crippen molar-refractivity contribution in [3.63, 3.8) is 0 Å². The van der Waals surface area contributed by atoms with Crippen LogP contribution in [-0.4, -0.2) is 57.9 Å². The van der Waals surface area contributed by atoms with Crippen LogP contribution in [0.15, 0.2) is 29.4 Å². The van der Waals surface area contributed by atoms with Crippen LogP contribution in [-0.2, 0) is 0 Å². The summed E-state index contributed by atoms with van der Waals surface area (Å²) < 4.78 is 8.33. The minimum absolute atomic E-state index is 0.376. The Balaban J connectivity index is 2.13. The summed E-state index contributed by atoms with van der Waals surface area (Å²) in [4.78, 5) is 6.93. The zero-order chi connectivity index (χ0) is 15.7. The Labute approximate surface area is 141 Å². The summed E-state index contributed by atoms with van der Waals surface area (Å²) in [6.45, 7) is 3.23. The van der Waals surface area contributed by atoms with E-state index in [4.69, 9.17) is 9.72 Å². The Bertz CT molecular complexity index is 813. The Morgan fingerprint density at radius 3 is 2.86 bits per heavy atom. The third kappa shape index (κ3) is 3.04. The van der Waals surface area contributed by atoms with Gasteiger partial charge < -0.3 is 0 Å². The molecule has 0 saturated carbocycles. The van der Waals surface area contributed by atoms with Gasteiger partial charge in [0.2, 0.25) is 0 Å². The van der Waals surface area contributed by atoms with Crippen molar-refractivity contribution in [2.24, 2.45) is 0 Å². The Kier molecular flexibility index (Phi) is 4.78. The van der Waals surface area contributed by atoms with Gasteiger partial charge in [0.15, 0.2) is 0 Å². The predicted octanol–water partition coefficient (Wildman–Crippen LogP) is 3.42. The predicted molar refractivity (Wildman–Crippen MR) is 96.8 cm³/mol. The molecular formula is C17H20N2OSSe. The number of rotatable bonds is 5. The molecule has 3 rings (SSSR count). The van der Waals surface area contributed by atoms with E-state index >= 15 is 0 Å². The molecule has 0 aliphatic rings. The Hall–Kier alpha value is -1.00. The average Bonchev–Trinajstić information content (AvgIpc) is 2.89. The molecule has 0 radical (unpaired) electrons. The number of hydrogen-bond acceptors (Lipinski definition) is 4. The molecule has 116 valence electrons. The van der Waals surface area contributed by atoms with Gasteiger partial charge in [-0.05, 0) is 0 Å². The summed E-state index contributed by atoms with van der Waals surface area (Å²) in [5.41, 5.74) is 1.31. The number of benzene rings is 1. The molecule has 0 aliphatic carbocycles. The van der Waals surface area contributed by atoms with Crippen molar-refractivity contribution in [2.75, 3.05) is 33.5 Å². The molecule has 3 aromatic rings. The normalized spacial score (nSPS) is 11.7. The van der Waals surface area contributed by atoms with Gasteiger partial charge in [-0.15, -0.1) is 0 Å². The SMILES string of the molecule is COc1ccc2[se]c3c(C)cnc(SCCN(C)C)c3c2c1. The molecule has 0 bridgehead atoms. The quantitative estimate of drug-likeness (QED) is 0.501. The van der Waals surface area contributed by atoms with Gasteiger partial charge in [0.1, 0.15) is 0 Å². The Morgan fingerprint density at radius 2 is 2.14 bits per heavy atom. The van der Waals surface area contributed by atoms with E-state index in [1.807, 2.05) is 18.0 Å². The van der Waals surface area contributed by atoms with Crippen molar-refractivity contribution in [3.8, 4) is 5.75 Å². The monoisotopic (exact) mass is 380 g/mol. The van der Waals surface area contributed by atoms with E-state index < -0.39 is 0 Å². The minimum atomic E-state index is 0.376. The molecule has 3 nitrogen and oxygen atoms in total. The molecule has 0 atom stereocenters. The van der Waals surface area contributed by atoms with Gasteiger partial charge in [0.25, 0.3) is 0 Å². The van der Waals surface area contributed by atoms with Crippen LogP contribution in [0.4, 0.5) is 0 Å². The molecule has 0 amide bonds. The third-order valence-electron chi connectivity index (χ3n) is 3.62. The van der Waals surface area contributed by atoms with Crippen molar-refractivity contribution in [2.45, 2.75) is 11.9 Å². The van der Waals surface area contributed by atoms with Crippen molar-refractivity contribution >= 4 is 45.6 Å². The molecule has 2 heterocycles. The molecular weight excluding hydrogens is 359 g/mol. The summed E-state index contributed by atoms with van der Waals surface area (Å²) >= 11 is 2.23. The molecule has 1 aromatic carbocycles. The molecule has 0 spiro atoms. The zero-order valence-electron chi connectivity index (χ0n) is 13.3. The van der Waals surface area contributed by atoms with E-state index in [2.05, 4.69) is 44.1 Å². The van der Waals surface area contributed by atoms with Gasteiger partial charge in [-0.2, -0.15) is 0 Å². The fourth-order valence-electron chi connectivity index (χ4n) is 2.41. The van der Waals surface area contributed by atoms with E-state index in [1.54, 1.807) is 7.11 Å². The molecule has 0 aliphatic heterocycles. The van der Waals surface area contributed by atoms with Crippen molar-refractivity contribution < 1.29 is 4.74 Å². The number of hydrogen-bond donors (Lipinski definition) is 0. The molecule has 0 saturated heterocycles. The first-order chi connectivity index (χ1) is 10.6. The summed E-state index contributed by atoms with van der Waals surface area (Å²) in [5.74, 6) is 1.98. The second kappa shape index (κ2) is 6.63. The third-order valence-corrected chi connectivity index (χ3v) is 7.33. The van der Waals surface area contributed by atoms with Crippen LogP contribution in [0.3, 0.4) is 0 Å². The standard InChI is InChI=1S/C17H20N2OSSe/c1-11-10-18-17(21-8-7-19(2)3)15-13-9-12(20-4)5-6-14(13)22-16(11)15/h5-6,9-10H,7-8H2,1-4H3. The van der Waals surface area contributed by atoms with Gasteiger partial charge in [-0.25, -0.2) is 0 Å². The fraction of sp³-hybridized carbons (Fsp3) is 0.353. The van der Waals surface area contributed by atoms with Gasteiger partial charge in [0, 0.05) is 0 Å². The second-order valence-corrected chi connectivity index (χ2v) is 8.86. The summed E-state index contributed by atoms with van der Waals surface area (Å²) in [6, 6.07) is 6.44. The van der Waals surface area contributed by atoms with Crippen LogP contribution in [0, 0.1) is 6.92 Å². The van der Waals surface area contributed by atoms with E-state index in [0.717, 1.165) is 23.1 Å². The summed E-state index contributed by atoms with van der Waals surface area (Å²) in [7, 11) is 5.94.